The number of aliphatic hydroxyl groups excluding tert-OH is 1. The van der Waals surface area contributed by atoms with Crippen LogP contribution >= 0.6 is 0 Å². The predicted octanol–water partition coefficient (Wildman–Crippen LogP) is 1.03. The molecule has 0 aliphatic heterocycles. The minimum Gasteiger partial charge on any atom is -0.396 e. The first-order valence-corrected chi connectivity index (χ1v) is 3.91. The molecule has 3 nitrogen and oxygen atoms in total. The highest BCUT2D eigenvalue weighted by Crippen LogP contribution is 2.04. The molecule has 0 unspecified atom stereocenters. The average Bonchev–Trinajstić information content (AvgIpc) is 2.46. The van der Waals surface area contributed by atoms with Gasteiger partial charge in [-0.3, -0.25) is 0 Å². The first-order valence-electron chi connectivity index (χ1n) is 4.32. The summed E-state index contributed by atoms with van der Waals surface area (Å²) in [5, 5.41) is 4.21. The summed E-state index contributed by atoms with van der Waals surface area (Å²) in [6, 6.07) is 0. The number of rotatable bonds is 5. The molecule has 0 bridgehead atoms. The van der Waals surface area contributed by atoms with Crippen LogP contribution in [0.3, 0.4) is 0 Å². The Hall–Kier alpha value is -0.830. The van der Waals surface area contributed by atoms with Gasteiger partial charge < -0.3 is 10.1 Å². The minimum absolute atomic E-state index is 0.517. The van der Waals surface area contributed by atoms with E-state index in [4.69, 9.17) is 1.43 Å². The molecular weight excluding hydrogens is 140 g/mol. The number of nitrogens with zero attached hydrogens (tertiary/aromatic N) is 1. The number of unbranched alkanes of at least 4 members (excludes halogenated alkanes) is 1. The van der Waals surface area contributed by atoms with E-state index in [1.807, 2.05) is 6.92 Å². The fourth-order valence-corrected chi connectivity index (χ4v) is 1.03. The molecule has 3 heteroatoms. The molecule has 1 aromatic heterocycles. The molecule has 0 aliphatic carbocycles. The Morgan fingerprint density at radius 1 is 1.73 bits per heavy atom. The summed E-state index contributed by atoms with van der Waals surface area (Å²) in [4.78, 5) is 7.20. The molecule has 0 saturated carbocycles. The first kappa shape index (κ1) is 6.85. The zero-order chi connectivity index (χ0) is 8.81. The third-order valence-corrected chi connectivity index (χ3v) is 1.74. The lowest BCUT2D eigenvalue weighted by Crippen LogP contribution is -1.90. The lowest BCUT2D eigenvalue weighted by molar-refractivity contribution is 0.284. The van der Waals surface area contributed by atoms with Gasteiger partial charge >= 0.3 is 0 Å². The van der Waals surface area contributed by atoms with Crippen LogP contribution in [0.2, 0.25) is 0 Å². The van der Waals surface area contributed by atoms with Crippen LogP contribution in [-0.2, 0) is 6.42 Å². The molecule has 1 heterocycles. The summed E-state index contributed by atoms with van der Waals surface area (Å²) >= 11 is 0. The third kappa shape index (κ3) is 2.35. The van der Waals surface area contributed by atoms with Crippen LogP contribution in [-0.4, -0.2) is 23.1 Å². The maximum absolute atomic E-state index is 6.48. The molecule has 0 aromatic carbocycles. The van der Waals surface area contributed by atoms with Crippen molar-refractivity contribution in [3.05, 3.63) is 17.7 Å². The minimum atomic E-state index is 0.517. The number of hydrogen-bond donors (Lipinski definition) is 2. The zero-order valence-electron chi connectivity index (χ0n) is 7.76. The monoisotopic (exact) mass is 156 g/mol. The van der Waals surface area contributed by atoms with Crippen LogP contribution in [0.15, 0.2) is 6.33 Å². The maximum Gasteiger partial charge on any atom is 0.210 e. The van der Waals surface area contributed by atoms with Gasteiger partial charge in [0.15, 0.2) is 0 Å². The maximum atomic E-state index is 6.48. The van der Waals surface area contributed by atoms with Crippen LogP contribution in [0.4, 0.5) is 0 Å². The molecule has 0 radical (unpaired) electrons. The molecule has 1 rings (SSSR count). The Morgan fingerprint density at radius 3 is 3.27 bits per heavy atom. The van der Waals surface area contributed by atoms with Gasteiger partial charge in [-0.1, -0.05) is 0 Å². The van der Waals surface area contributed by atoms with E-state index in [2.05, 4.69) is 15.1 Å². The van der Waals surface area contributed by atoms with Crippen LogP contribution in [0.25, 0.3) is 0 Å². The van der Waals surface area contributed by atoms with Gasteiger partial charge in [0.1, 0.15) is 0 Å². The van der Waals surface area contributed by atoms with Crippen molar-refractivity contribution >= 4 is 0 Å². The van der Waals surface area contributed by atoms with Crippen molar-refractivity contribution in [2.45, 2.75) is 26.2 Å². The Balaban J connectivity index is 2.20. The Kier molecular flexibility index (Phi) is 2.58. The number of aliphatic hydroxyl groups is 1. The van der Waals surface area contributed by atoms with Crippen LogP contribution in [0.1, 0.15) is 24.2 Å². The number of H-pyrrole nitrogens is 1. The van der Waals surface area contributed by atoms with Crippen molar-refractivity contribution in [3.8, 4) is 0 Å². The number of imidazole rings is 1. The van der Waals surface area contributed by atoms with Gasteiger partial charge in [-0.2, -0.15) is 0 Å². The largest absolute Gasteiger partial charge is 0.396 e. The second kappa shape index (κ2) is 4.13. The number of aromatic amines is 1. The number of aromatic nitrogens is 2. The van der Waals surface area contributed by atoms with E-state index in [0.29, 0.717) is 6.61 Å². The lowest BCUT2D eigenvalue weighted by atomic mass is 10.2. The Morgan fingerprint density at radius 2 is 2.64 bits per heavy atom. The third-order valence-electron chi connectivity index (χ3n) is 1.74. The van der Waals surface area contributed by atoms with Gasteiger partial charge in [-0.05, 0) is 26.2 Å². The zero-order valence-corrected chi connectivity index (χ0v) is 6.76. The van der Waals surface area contributed by atoms with Gasteiger partial charge in [0.25, 0.3) is 0 Å². The van der Waals surface area contributed by atoms with E-state index in [-0.39, 0.29) is 0 Å². The highest BCUT2D eigenvalue weighted by Gasteiger charge is 1.98. The molecule has 0 spiro atoms. The van der Waals surface area contributed by atoms with Gasteiger partial charge in [-0.25, -0.2) is 4.98 Å². The van der Waals surface area contributed by atoms with Crippen molar-refractivity contribution in [3.63, 3.8) is 0 Å². The van der Waals surface area contributed by atoms with E-state index < -0.39 is 0 Å². The number of hydrogen-bond acceptors (Lipinski definition) is 2. The van der Waals surface area contributed by atoms with Gasteiger partial charge in [-0.15, -0.1) is 0 Å². The average molecular weight is 156 g/mol. The summed E-state index contributed by atoms with van der Waals surface area (Å²) in [7, 11) is 0. The summed E-state index contributed by atoms with van der Waals surface area (Å²) in [5.41, 5.74) is 2.27. The van der Waals surface area contributed by atoms with E-state index in [1.54, 1.807) is 6.33 Å². The fourth-order valence-electron chi connectivity index (χ4n) is 1.03. The summed E-state index contributed by atoms with van der Waals surface area (Å²) in [6.07, 6.45) is 4.64. The quantitative estimate of drug-likeness (QED) is 0.626. The second-order valence-corrected chi connectivity index (χ2v) is 2.64. The van der Waals surface area contributed by atoms with Crippen LogP contribution in [0, 0.1) is 6.92 Å². The highest BCUT2D eigenvalue weighted by atomic mass is 16.2. The van der Waals surface area contributed by atoms with Gasteiger partial charge in [0.05, 0.1) is 12.0 Å². The SMILES string of the molecule is [3H]OCCCCc1nc[nH]c1C. The van der Waals surface area contributed by atoms with Crippen molar-refractivity contribution in [1.29, 1.82) is 1.43 Å². The highest BCUT2D eigenvalue weighted by molar-refractivity contribution is 5.08. The van der Waals surface area contributed by atoms with E-state index in [0.717, 1.165) is 30.7 Å². The topological polar surface area (TPSA) is 48.9 Å². The molecule has 0 aliphatic rings. The van der Waals surface area contributed by atoms with Crippen LogP contribution < -0.4 is 0 Å². The predicted molar refractivity (Wildman–Crippen MR) is 43.3 cm³/mol. The molecule has 0 atom stereocenters. The smallest absolute Gasteiger partial charge is 0.210 e. The van der Waals surface area contributed by atoms with Crippen molar-refractivity contribution in [1.82, 2.24) is 9.97 Å². The second-order valence-electron chi connectivity index (χ2n) is 2.64. The van der Waals surface area contributed by atoms with E-state index in [9.17, 15) is 0 Å². The number of aryl methyl sites for hydroxylation is 2. The Bertz CT molecular complexity index is 225. The van der Waals surface area contributed by atoms with E-state index in [1.165, 1.54) is 0 Å². The van der Waals surface area contributed by atoms with E-state index >= 15 is 0 Å². The lowest BCUT2D eigenvalue weighted by Gasteiger charge is -1.95. The van der Waals surface area contributed by atoms with Crippen molar-refractivity contribution < 1.29 is 5.11 Å². The van der Waals surface area contributed by atoms with Gasteiger partial charge in [0.2, 0.25) is 1.43 Å². The molecule has 0 saturated heterocycles. The fraction of sp³-hybridized carbons (Fsp3) is 0.625. The molecule has 2 N–H and O–H groups in total. The summed E-state index contributed by atoms with van der Waals surface area (Å²) in [6.45, 7) is 2.53. The first-order chi connectivity index (χ1) is 5.84. The normalized spacial score (nSPS) is 11.5. The molecule has 62 valence electrons. The Labute approximate surface area is 68.0 Å². The summed E-state index contributed by atoms with van der Waals surface area (Å²) in [5.74, 6) is 0. The molecule has 0 amide bonds. The molecular formula is C8H14N2O. The molecule has 0 fully saturated rings. The summed E-state index contributed by atoms with van der Waals surface area (Å²) < 4.78 is 6.48. The molecule has 11 heavy (non-hydrogen) atoms. The molecule has 1 aromatic rings. The van der Waals surface area contributed by atoms with Crippen molar-refractivity contribution in [2.75, 3.05) is 6.61 Å². The standard InChI is InChI=1S/C8H14N2O/c1-7-8(10-6-9-7)4-2-3-5-11/h6,11H,2-5H2,1H3,(H,9,10)/i11T. The van der Waals surface area contributed by atoms with Gasteiger partial charge in [0, 0.05) is 12.3 Å². The number of nitrogens with one attached hydrogen (secondary N) is 1. The van der Waals surface area contributed by atoms with Crippen LogP contribution in [0.5, 0.6) is 0 Å². The van der Waals surface area contributed by atoms with Crippen molar-refractivity contribution in [2.24, 2.45) is 0 Å².